The summed E-state index contributed by atoms with van der Waals surface area (Å²) in [6, 6.07) is 15.2. The summed E-state index contributed by atoms with van der Waals surface area (Å²) < 4.78 is 53.7. The van der Waals surface area contributed by atoms with Crippen molar-refractivity contribution >= 4 is 5.95 Å². The smallest absolute Gasteiger partial charge is 0.389 e. The number of anilines is 1. The van der Waals surface area contributed by atoms with Crippen LogP contribution in [-0.2, 0) is 19.5 Å². The number of halogens is 3. The van der Waals surface area contributed by atoms with Gasteiger partial charge in [0.1, 0.15) is 11.5 Å². The van der Waals surface area contributed by atoms with E-state index in [1.807, 2.05) is 53.4 Å². The standard InChI is InChI=1S/C24H26F3N3O3/c1-31-20-8-4-17(5-9-20)15-30(16-18-6-10-21(32-2)11-7-18)23-28-14-19(22(29-23)33-3)12-13-24(25,26)27/h4-11,14H,12-13,15-16H2,1-3H3. The van der Waals surface area contributed by atoms with Gasteiger partial charge in [-0.1, -0.05) is 24.3 Å². The molecule has 0 atom stereocenters. The summed E-state index contributed by atoms with van der Waals surface area (Å²) in [5.41, 5.74) is 2.30. The van der Waals surface area contributed by atoms with Crippen LogP contribution in [0.4, 0.5) is 19.1 Å². The normalized spacial score (nSPS) is 11.2. The van der Waals surface area contributed by atoms with E-state index in [4.69, 9.17) is 14.2 Å². The number of alkyl halides is 3. The second-order valence-corrected chi connectivity index (χ2v) is 7.37. The number of benzene rings is 2. The van der Waals surface area contributed by atoms with Crippen LogP contribution in [0.15, 0.2) is 54.7 Å². The molecule has 0 saturated heterocycles. The summed E-state index contributed by atoms with van der Waals surface area (Å²) in [5, 5.41) is 0. The van der Waals surface area contributed by atoms with Crippen LogP contribution < -0.4 is 19.1 Å². The molecule has 0 aliphatic carbocycles. The maximum absolute atomic E-state index is 12.7. The van der Waals surface area contributed by atoms with Gasteiger partial charge in [0.15, 0.2) is 0 Å². The van der Waals surface area contributed by atoms with Gasteiger partial charge >= 0.3 is 6.18 Å². The Morgan fingerprint density at radius 3 is 1.73 bits per heavy atom. The first-order valence-corrected chi connectivity index (χ1v) is 10.3. The molecule has 0 aliphatic rings. The molecule has 3 rings (SSSR count). The third kappa shape index (κ3) is 7.00. The Labute approximate surface area is 191 Å². The van der Waals surface area contributed by atoms with Crippen LogP contribution in [0.3, 0.4) is 0 Å². The molecule has 0 N–H and O–H groups in total. The number of nitrogens with zero attached hydrogens (tertiary/aromatic N) is 3. The topological polar surface area (TPSA) is 56.7 Å². The van der Waals surface area contributed by atoms with Crippen LogP contribution in [0.5, 0.6) is 17.4 Å². The lowest BCUT2D eigenvalue weighted by atomic mass is 10.1. The highest BCUT2D eigenvalue weighted by molar-refractivity contribution is 5.40. The zero-order chi connectivity index (χ0) is 23.8. The first-order valence-electron chi connectivity index (χ1n) is 10.3. The van der Waals surface area contributed by atoms with Crippen molar-refractivity contribution in [3.8, 4) is 17.4 Å². The van der Waals surface area contributed by atoms with Crippen LogP contribution >= 0.6 is 0 Å². The van der Waals surface area contributed by atoms with Crippen LogP contribution in [0.1, 0.15) is 23.1 Å². The van der Waals surface area contributed by atoms with Crippen LogP contribution in [0.25, 0.3) is 0 Å². The van der Waals surface area contributed by atoms with Crippen LogP contribution in [0, 0.1) is 0 Å². The van der Waals surface area contributed by atoms with Gasteiger partial charge in [0.05, 0.1) is 21.3 Å². The summed E-state index contributed by atoms with van der Waals surface area (Å²) in [6.45, 7) is 0.947. The molecule has 3 aromatic rings. The minimum Gasteiger partial charge on any atom is -0.497 e. The SMILES string of the molecule is COc1ccc(CN(Cc2ccc(OC)cc2)c2ncc(CCC(F)(F)F)c(OC)n2)cc1. The molecule has 1 aromatic heterocycles. The number of aromatic nitrogens is 2. The van der Waals surface area contributed by atoms with E-state index in [1.165, 1.54) is 13.3 Å². The summed E-state index contributed by atoms with van der Waals surface area (Å²) in [4.78, 5) is 10.7. The van der Waals surface area contributed by atoms with E-state index < -0.39 is 12.6 Å². The maximum Gasteiger partial charge on any atom is 0.389 e. The Morgan fingerprint density at radius 1 is 0.788 bits per heavy atom. The van der Waals surface area contributed by atoms with Gasteiger partial charge < -0.3 is 19.1 Å². The summed E-state index contributed by atoms with van der Waals surface area (Å²) >= 11 is 0. The summed E-state index contributed by atoms with van der Waals surface area (Å²) in [5.74, 6) is 1.98. The molecule has 0 aliphatic heterocycles. The van der Waals surface area contributed by atoms with Crippen molar-refractivity contribution in [2.45, 2.75) is 32.1 Å². The van der Waals surface area contributed by atoms with E-state index in [1.54, 1.807) is 14.2 Å². The lowest BCUT2D eigenvalue weighted by Gasteiger charge is -2.24. The third-order valence-corrected chi connectivity index (χ3v) is 5.03. The maximum atomic E-state index is 12.7. The van der Waals surface area contributed by atoms with Gasteiger partial charge in [-0.3, -0.25) is 0 Å². The fourth-order valence-electron chi connectivity index (χ4n) is 3.26. The van der Waals surface area contributed by atoms with E-state index in [0.29, 0.717) is 24.6 Å². The van der Waals surface area contributed by atoms with Crippen molar-refractivity contribution in [1.29, 1.82) is 0 Å². The molecule has 6 nitrogen and oxygen atoms in total. The monoisotopic (exact) mass is 461 g/mol. The number of aryl methyl sites for hydroxylation is 1. The number of hydrogen-bond donors (Lipinski definition) is 0. The van der Waals surface area contributed by atoms with Gasteiger partial charge in [0.2, 0.25) is 11.8 Å². The van der Waals surface area contributed by atoms with Gasteiger partial charge in [-0.2, -0.15) is 18.2 Å². The van der Waals surface area contributed by atoms with Crippen LogP contribution in [0.2, 0.25) is 0 Å². The van der Waals surface area contributed by atoms with E-state index >= 15 is 0 Å². The van der Waals surface area contributed by atoms with E-state index in [-0.39, 0.29) is 12.3 Å². The fourth-order valence-corrected chi connectivity index (χ4v) is 3.26. The number of ether oxygens (including phenoxy) is 3. The Balaban J connectivity index is 1.89. The minimum absolute atomic E-state index is 0.138. The minimum atomic E-state index is -4.27. The average molecular weight is 461 g/mol. The molecule has 9 heteroatoms. The number of rotatable bonds is 10. The first kappa shape index (κ1) is 24.2. The quantitative estimate of drug-likeness (QED) is 0.414. The van der Waals surface area contributed by atoms with Crippen molar-refractivity contribution in [2.75, 3.05) is 26.2 Å². The molecule has 0 fully saturated rings. The van der Waals surface area contributed by atoms with Gasteiger partial charge in [0.25, 0.3) is 0 Å². The van der Waals surface area contributed by atoms with E-state index in [9.17, 15) is 13.2 Å². The predicted molar refractivity (Wildman–Crippen MR) is 119 cm³/mol. The predicted octanol–water partition coefficient (Wildman–Crippen LogP) is 5.20. The highest BCUT2D eigenvalue weighted by Gasteiger charge is 2.27. The van der Waals surface area contributed by atoms with Crippen molar-refractivity contribution in [2.24, 2.45) is 0 Å². The number of methoxy groups -OCH3 is 3. The molecule has 0 radical (unpaired) electrons. The molecule has 0 amide bonds. The molecular weight excluding hydrogens is 435 g/mol. The van der Waals surface area contributed by atoms with Gasteiger partial charge in [-0.05, 0) is 41.8 Å². The molecule has 176 valence electrons. The second kappa shape index (κ2) is 10.9. The van der Waals surface area contributed by atoms with Gasteiger partial charge in [-0.15, -0.1) is 0 Å². The number of hydrogen-bond acceptors (Lipinski definition) is 6. The highest BCUT2D eigenvalue weighted by atomic mass is 19.4. The van der Waals surface area contributed by atoms with Crippen molar-refractivity contribution in [3.05, 3.63) is 71.4 Å². The van der Waals surface area contributed by atoms with Crippen molar-refractivity contribution in [3.63, 3.8) is 0 Å². The molecule has 0 unspecified atom stereocenters. The molecular formula is C24H26F3N3O3. The molecule has 0 spiro atoms. The van der Waals surface area contributed by atoms with Gasteiger partial charge in [-0.25, -0.2) is 4.98 Å². The molecule has 33 heavy (non-hydrogen) atoms. The molecule has 0 saturated carbocycles. The Kier molecular flexibility index (Phi) is 7.97. The highest BCUT2D eigenvalue weighted by Crippen LogP contribution is 2.27. The Morgan fingerprint density at radius 2 is 1.30 bits per heavy atom. The van der Waals surface area contributed by atoms with Gasteiger partial charge in [0, 0.05) is 31.3 Å². The Hall–Kier alpha value is -3.49. The largest absolute Gasteiger partial charge is 0.497 e. The second-order valence-electron chi connectivity index (χ2n) is 7.37. The van der Waals surface area contributed by atoms with Crippen molar-refractivity contribution < 1.29 is 27.4 Å². The lowest BCUT2D eigenvalue weighted by Crippen LogP contribution is -2.24. The van der Waals surface area contributed by atoms with E-state index in [0.717, 1.165) is 22.6 Å². The fraction of sp³-hybridized carbons (Fsp3) is 0.333. The Bertz CT molecular complexity index is 976. The zero-order valence-corrected chi connectivity index (χ0v) is 18.7. The van der Waals surface area contributed by atoms with E-state index in [2.05, 4.69) is 9.97 Å². The molecule has 0 bridgehead atoms. The average Bonchev–Trinajstić information content (AvgIpc) is 2.82. The summed E-state index contributed by atoms with van der Waals surface area (Å²) in [7, 11) is 4.59. The van der Waals surface area contributed by atoms with Crippen molar-refractivity contribution in [1.82, 2.24) is 9.97 Å². The molecule has 1 heterocycles. The van der Waals surface area contributed by atoms with Crippen LogP contribution in [-0.4, -0.2) is 37.5 Å². The lowest BCUT2D eigenvalue weighted by molar-refractivity contribution is -0.134. The first-order chi connectivity index (χ1) is 15.8. The zero-order valence-electron chi connectivity index (χ0n) is 18.7. The summed E-state index contributed by atoms with van der Waals surface area (Å²) in [6.07, 6.45) is -4.07. The molecule has 2 aromatic carbocycles. The third-order valence-electron chi connectivity index (χ3n) is 5.03.